The van der Waals surface area contributed by atoms with Crippen molar-refractivity contribution < 1.29 is 13.2 Å². The van der Waals surface area contributed by atoms with Crippen LogP contribution in [0.25, 0.3) is 0 Å². The van der Waals surface area contributed by atoms with Crippen LogP contribution in [0.15, 0.2) is 0 Å². The number of carbonyl (C=O) groups is 1. The Morgan fingerprint density at radius 2 is 2.20 bits per heavy atom. The third-order valence-corrected chi connectivity index (χ3v) is 4.33. The van der Waals surface area contributed by atoms with Gasteiger partial charge in [-0.2, -0.15) is 0 Å². The van der Waals surface area contributed by atoms with Crippen LogP contribution in [0.3, 0.4) is 0 Å². The molecule has 88 valence electrons. The molecule has 2 N–H and O–H groups in total. The van der Waals surface area contributed by atoms with E-state index >= 15 is 0 Å². The fourth-order valence-corrected chi connectivity index (χ4v) is 3.14. The van der Waals surface area contributed by atoms with Gasteiger partial charge < -0.3 is 10.6 Å². The van der Waals surface area contributed by atoms with Gasteiger partial charge in [0.2, 0.25) is 0 Å². The summed E-state index contributed by atoms with van der Waals surface area (Å²) in [5.74, 6) is 0.252. The van der Waals surface area contributed by atoms with E-state index in [0.29, 0.717) is 6.42 Å². The lowest BCUT2D eigenvalue weighted by atomic mass is 10.2. The number of urea groups is 1. The summed E-state index contributed by atoms with van der Waals surface area (Å²) in [6.07, 6.45) is 1.38. The fraction of sp³-hybridized carbons (Fsp3) is 0.889. The maximum absolute atomic E-state index is 11.4. The number of amides is 2. The van der Waals surface area contributed by atoms with Crippen LogP contribution in [0.4, 0.5) is 4.79 Å². The standard InChI is InChI=1S/C9H18N2O3S/c1-3-7(2)10-9(12)11-8-4-5-15(13,14)6-8/h7-8H,3-6H2,1-2H3,(H2,10,11,12). The summed E-state index contributed by atoms with van der Waals surface area (Å²) in [6, 6.07) is -0.381. The van der Waals surface area contributed by atoms with E-state index in [1.54, 1.807) is 0 Å². The molecule has 1 rings (SSSR count). The largest absolute Gasteiger partial charge is 0.336 e. The first-order valence-corrected chi connectivity index (χ1v) is 7.02. The Hall–Kier alpha value is -0.780. The molecule has 0 radical (unpaired) electrons. The van der Waals surface area contributed by atoms with E-state index in [4.69, 9.17) is 0 Å². The third kappa shape index (κ3) is 4.07. The lowest BCUT2D eigenvalue weighted by Crippen LogP contribution is -2.45. The van der Waals surface area contributed by atoms with Gasteiger partial charge in [-0.05, 0) is 19.8 Å². The number of rotatable bonds is 3. The van der Waals surface area contributed by atoms with Gasteiger partial charge >= 0.3 is 6.03 Å². The van der Waals surface area contributed by atoms with Crippen molar-refractivity contribution in [1.82, 2.24) is 10.6 Å². The average molecular weight is 234 g/mol. The smallest absolute Gasteiger partial charge is 0.315 e. The Kier molecular flexibility index (Phi) is 3.96. The highest BCUT2D eigenvalue weighted by Gasteiger charge is 2.28. The lowest BCUT2D eigenvalue weighted by Gasteiger charge is -2.15. The minimum absolute atomic E-state index is 0.0704. The topological polar surface area (TPSA) is 75.3 Å². The van der Waals surface area contributed by atoms with Crippen LogP contribution in [0.1, 0.15) is 26.7 Å². The molecule has 0 aromatic rings. The Morgan fingerprint density at radius 3 is 2.67 bits per heavy atom. The molecule has 15 heavy (non-hydrogen) atoms. The van der Waals surface area contributed by atoms with E-state index in [2.05, 4.69) is 10.6 Å². The highest BCUT2D eigenvalue weighted by molar-refractivity contribution is 7.91. The van der Waals surface area contributed by atoms with Crippen LogP contribution in [-0.2, 0) is 9.84 Å². The van der Waals surface area contributed by atoms with Gasteiger partial charge in [-0.25, -0.2) is 13.2 Å². The van der Waals surface area contributed by atoms with Crippen LogP contribution < -0.4 is 10.6 Å². The van der Waals surface area contributed by atoms with Crippen molar-refractivity contribution in [2.45, 2.75) is 38.8 Å². The molecule has 2 unspecified atom stereocenters. The van der Waals surface area contributed by atoms with Crippen LogP contribution in [-0.4, -0.2) is 38.0 Å². The van der Waals surface area contributed by atoms with Crippen molar-refractivity contribution in [3.05, 3.63) is 0 Å². The number of carbonyl (C=O) groups excluding carboxylic acids is 1. The zero-order valence-electron chi connectivity index (χ0n) is 9.12. The molecule has 6 heteroatoms. The van der Waals surface area contributed by atoms with E-state index in [1.807, 2.05) is 13.8 Å². The van der Waals surface area contributed by atoms with Crippen molar-refractivity contribution in [1.29, 1.82) is 0 Å². The molecule has 0 aromatic carbocycles. The molecule has 0 bridgehead atoms. The molecule has 1 saturated heterocycles. The summed E-state index contributed by atoms with van der Waals surface area (Å²) >= 11 is 0. The molecular formula is C9H18N2O3S. The monoisotopic (exact) mass is 234 g/mol. The lowest BCUT2D eigenvalue weighted by molar-refractivity contribution is 0.234. The molecule has 1 aliphatic heterocycles. The van der Waals surface area contributed by atoms with E-state index in [0.717, 1.165) is 6.42 Å². The van der Waals surface area contributed by atoms with Gasteiger partial charge in [0.05, 0.1) is 11.5 Å². The highest BCUT2D eigenvalue weighted by Crippen LogP contribution is 2.10. The molecule has 0 saturated carbocycles. The van der Waals surface area contributed by atoms with Gasteiger partial charge in [-0.3, -0.25) is 0 Å². The quantitative estimate of drug-likeness (QED) is 0.736. The van der Waals surface area contributed by atoms with Crippen molar-refractivity contribution in [2.75, 3.05) is 11.5 Å². The van der Waals surface area contributed by atoms with Gasteiger partial charge in [0.25, 0.3) is 0 Å². The Morgan fingerprint density at radius 1 is 1.53 bits per heavy atom. The summed E-state index contributed by atoms with van der Waals surface area (Å²) in [7, 11) is -2.92. The summed E-state index contributed by atoms with van der Waals surface area (Å²) in [5.41, 5.74) is 0. The summed E-state index contributed by atoms with van der Waals surface area (Å²) < 4.78 is 22.3. The molecule has 0 aliphatic carbocycles. The summed E-state index contributed by atoms with van der Waals surface area (Å²) in [5, 5.41) is 5.41. The van der Waals surface area contributed by atoms with Crippen molar-refractivity contribution in [3.63, 3.8) is 0 Å². The Bertz CT molecular complexity index is 326. The fourth-order valence-electron chi connectivity index (χ4n) is 1.46. The van der Waals surface area contributed by atoms with Gasteiger partial charge in [-0.1, -0.05) is 6.92 Å². The number of sulfone groups is 1. The first kappa shape index (κ1) is 12.3. The van der Waals surface area contributed by atoms with Crippen molar-refractivity contribution in [2.24, 2.45) is 0 Å². The van der Waals surface area contributed by atoms with Gasteiger partial charge in [0.1, 0.15) is 0 Å². The Labute approximate surface area is 90.5 Å². The Balaban J connectivity index is 2.34. The zero-order valence-corrected chi connectivity index (χ0v) is 9.93. The van der Waals surface area contributed by atoms with Crippen molar-refractivity contribution in [3.8, 4) is 0 Å². The molecule has 2 amide bonds. The third-order valence-electron chi connectivity index (χ3n) is 2.56. The predicted octanol–water partition coefficient (Wildman–Crippen LogP) is 0.271. The van der Waals surface area contributed by atoms with Crippen LogP contribution >= 0.6 is 0 Å². The van der Waals surface area contributed by atoms with Gasteiger partial charge in [0, 0.05) is 12.1 Å². The summed E-state index contributed by atoms with van der Waals surface area (Å²) in [6.45, 7) is 3.88. The molecule has 1 heterocycles. The molecular weight excluding hydrogens is 216 g/mol. The summed E-state index contributed by atoms with van der Waals surface area (Å²) in [4.78, 5) is 11.4. The number of nitrogens with one attached hydrogen (secondary N) is 2. The first-order valence-electron chi connectivity index (χ1n) is 5.20. The second-order valence-electron chi connectivity index (χ2n) is 4.03. The molecule has 2 atom stereocenters. The molecule has 0 aromatic heterocycles. The maximum Gasteiger partial charge on any atom is 0.315 e. The average Bonchev–Trinajstić information content (AvgIpc) is 2.44. The molecule has 0 spiro atoms. The first-order chi connectivity index (χ1) is 6.93. The molecule has 5 nitrogen and oxygen atoms in total. The predicted molar refractivity (Wildman–Crippen MR) is 58.5 cm³/mol. The number of hydrogen-bond donors (Lipinski definition) is 2. The second kappa shape index (κ2) is 4.83. The minimum atomic E-state index is -2.92. The van der Waals surface area contributed by atoms with E-state index in [-0.39, 0.29) is 29.6 Å². The zero-order chi connectivity index (χ0) is 11.5. The van der Waals surface area contributed by atoms with Crippen LogP contribution in [0.2, 0.25) is 0 Å². The SMILES string of the molecule is CCC(C)NC(=O)NC1CCS(=O)(=O)C1. The van der Waals surface area contributed by atoms with E-state index in [9.17, 15) is 13.2 Å². The normalized spacial score (nSPS) is 25.9. The highest BCUT2D eigenvalue weighted by atomic mass is 32.2. The van der Waals surface area contributed by atoms with Gasteiger partial charge in [-0.15, -0.1) is 0 Å². The van der Waals surface area contributed by atoms with Crippen molar-refractivity contribution >= 4 is 15.9 Å². The van der Waals surface area contributed by atoms with Gasteiger partial charge in [0.15, 0.2) is 9.84 Å². The maximum atomic E-state index is 11.4. The van der Waals surface area contributed by atoms with E-state index < -0.39 is 9.84 Å². The van der Waals surface area contributed by atoms with Crippen LogP contribution in [0, 0.1) is 0 Å². The van der Waals surface area contributed by atoms with Crippen LogP contribution in [0.5, 0.6) is 0 Å². The molecule has 1 fully saturated rings. The minimum Gasteiger partial charge on any atom is -0.336 e. The van der Waals surface area contributed by atoms with E-state index in [1.165, 1.54) is 0 Å². The second-order valence-corrected chi connectivity index (χ2v) is 6.26. The number of hydrogen-bond acceptors (Lipinski definition) is 3. The molecule has 1 aliphatic rings.